The Morgan fingerprint density at radius 1 is 1.50 bits per heavy atom. The van der Waals surface area contributed by atoms with Crippen LogP contribution in [0.3, 0.4) is 0 Å². The molecular weight excluding hydrogens is 174 g/mol. The molecule has 0 saturated heterocycles. The molecule has 5 heteroatoms. The first-order valence-corrected chi connectivity index (χ1v) is 2.63. The molecule has 0 atom stereocenters. The van der Waals surface area contributed by atoms with Crippen LogP contribution in [0, 0.1) is 0 Å². The topological polar surface area (TPSA) is 37.3 Å². The quantitative estimate of drug-likeness (QED) is 0.345. The molecule has 0 unspecified atom stereocenters. The van der Waals surface area contributed by atoms with Crippen molar-refractivity contribution < 1.29 is 9.90 Å². The highest BCUT2D eigenvalue weighted by molar-refractivity contribution is 6.69. The van der Waals surface area contributed by atoms with Crippen molar-refractivity contribution in [2.45, 2.75) is 3.79 Å². The fourth-order valence-electron chi connectivity index (χ4n) is 0.0579. The fraction of sp³-hybridized carbons (Fsp3) is 0.333. The van der Waals surface area contributed by atoms with Gasteiger partial charge in [-0.05, 0) is 0 Å². The van der Waals surface area contributed by atoms with E-state index in [4.69, 9.17) is 39.9 Å². The number of allylic oxidation sites excluding steroid dienone is 1. The number of hydrogen-bond donors (Lipinski definition) is 1. The summed E-state index contributed by atoms with van der Waals surface area (Å²) in [7, 11) is 0. The monoisotopic (exact) mass is 174 g/mol. The van der Waals surface area contributed by atoms with E-state index in [1.165, 1.54) is 0 Å². The average Bonchev–Trinajstić information content (AvgIpc) is 1.62. The zero-order valence-electron chi connectivity index (χ0n) is 3.49. The maximum absolute atomic E-state index is 9.49. The number of alkyl halides is 3. The Morgan fingerprint density at radius 2 is 1.88 bits per heavy atom. The van der Waals surface area contributed by atoms with Crippen molar-refractivity contribution in [1.29, 1.82) is 0 Å². The SMILES string of the molecule is O=C=C(O)C(Cl)(Cl)Cl. The predicted octanol–water partition coefficient (Wildman–Crippen LogP) is 1.63. The Hall–Kier alpha value is 0.120. The molecule has 0 bridgehead atoms. The zero-order valence-corrected chi connectivity index (χ0v) is 5.76. The van der Waals surface area contributed by atoms with E-state index < -0.39 is 9.55 Å². The number of carbonyl (C=O) groups excluding carboxylic acids is 1. The summed E-state index contributed by atoms with van der Waals surface area (Å²) in [5, 5.41) is 8.29. The van der Waals surface area contributed by atoms with Crippen molar-refractivity contribution >= 4 is 40.7 Å². The van der Waals surface area contributed by atoms with Gasteiger partial charge in [0.25, 0.3) is 3.79 Å². The van der Waals surface area contributed by atoms with Gasteiger partial charge in [-0.1, -0.05) is 34.8 Å². The van der Waals surface area contributed by atoms with E-state index in [0.29, 0.717) is 0 Å². The second kappa shape index (κ2) is 2.60. The van der Waals surface area contributed by atoms with Crippen molar-refractivity contribution in [3.8, 4) is 0 Å². The van der Waals surface area contributed by atoms with Crippen molar-refractivity contribution in [3.63, 3.8) is 0 Å². The molecular formula is C3HCl3O2. The fourth-order valence-corrected chi connectivity index (χ4v) is 0.174. The van der Waals surface area contributed by atoms with E-state index in [-0.39, 0.29) is 0 Å². The van der Waals surface area contributed by atoms with Crippen LogP contribution in [0.4, 0.5) is 0 Å². The smallest absolute Gasteiger partial charge is 0.258 e. The Labute approximate surface area is 60.6 Å². The first kappa shape index (κ1) is 8.12. The van der Waals surface area contributed by atoms with Gasteiger partial charge in [0.2, 0.25) is 5.76 Å². The molecule has 0 rings (SSSR count). The Morgan fingerprint density at radius 3 is 1.88 bits per heavy atom. The minimum absolute atomic E-state index is 0.928. The summed E-state index contributed by atoms with van der Waals surface area (Å²) in [6.45, 7) is 0. The molecule has 0 radical (unpaired) electrons. The molecule has 0 heterocycles. The Kier molecular flexibility index (Phi) is 2.64. The lowest BCUT2D eigenvalue weighted by molar-refractivity contribution is 0.402. The van der Waals surface area contributed by atoms with Crippen LogP contribution in [0.2, 0.25) is 0 Å². The van der Waals surface area contributed by atoms with Crippen molar-refractivity contribution in [2.75, 3.05) is 0 Å². The van der Waals surface area contributed by atoms with Crippen LogP contribution in [0.25, 0.3) is 0 Å². The van der Waals surface area contributed by atoms with Gasteiger partial charge < -0.3 is 5.11 Å². The molecule has 0 aliphatic rings. The number of aliphatic hydroxyl groups excluding tert-OH is 1. The minimum atomic E-state index is -2.03. The first-order valence-electron chi connectivity index (χ1n) is 1.49. The minimum Gasteiger partial charge on any atom is -0.499 e. The molecule has 0 aliphatic heterocycles. The van der Waals surface area contributed by atoms with E-state index >= 15 is 0 Å². The lowest BCUT2D eigenvalue weighted by Gasteiger charge is -2.02. The van der Waals surface area contributed by atoms with E-state index in [1.54, 1.807) is 0 Å². The van der Waals surface area contributed by atoms with Gasteiger partial charge in [-0.2, -0.15) is 0 Å². The molecule has 0 fully saturated rings. The van der Waals surface area contributed by atoms with Crippen LogP contribution >= 0.6 is 34.8 Å². The molecule has 1 N–H and O–H groups in total. The zero-order chi connectivity index (χ0) is 6.78. The normalized spacial score (nSPS) is 10.4. The lowest BCUT2D eigenvalue weighted by atomic mass is 10.6. The highest BCUT2D eigenvalue weighted by Crippen LogP contribution is 2.30. The summed E-state index contributed by atoms with van der Waals surface area (Å²) in [5.74, 6) is 0.103. The van der Waals surface area contributed by atoms with Crippen molar-refractivity contribution in [3.05, 3.63) is 5.76 Å². The molecule has 0 aromatic heterocycles. The molecule has 2 nitrogen and oxygen atoms in total. The molecule has 0 aliphatic carbocycles. The Bertz CT molecular complexity index is 130. The Balaban J connectivity index is 4.26. The largest absolute Gasteiger partial charge is 0.499 e. The van der Waals surface area contributed by atoms with Gasteiger partial charge in [-0.3, -0.25) is 0 Å². The summed E-state index contributed by atoms with van der Waals surface area (Å²) in [5.41, 5.74) is 0. The average molecular weight is 175 g/mol. The van der Waals surface area contributed by atoms with Crippen molar-refractivity contribution in [2.24, 2.45) is 0 Å². The molecule has 0 aromatic carbocycles. The highest BCUT2D eigenvalue weighted by Gasteiger charge is 2.26. The van der Waals surface area contributed by atoms with E-state index in [9.17, 15) is 4.79 Å². The third kappa shape index (κ3) is 2.43. The second-order valence-electron chi connectivity index (χ2n) is 0.948. The molecule has 8 heavy (non-hydrogen) atoms. The maximum atomic E-state index is 9.49. The number of aliphatic hydroxyl groups is 1. The van der Waals surface area contributed by atoms with Crippen LogP contribution in [-0.4, -0.2) is 14.8 Å². The predicted molar refractivity (Wildman–Crippen MR) is 32.1 cm³/mol. The number of halogens is 3. The van der Waals surface area contributed by atoms with E-state index in [0.717, 1.165) is 5.94 Å². The summed E-state index contributed by atoms with van der Waals surface area (Å²) >= 11 is 14.9. The van der Waals surface area contributed by atoms with Crippen LogP contribution < -0.4 is 0 Å². The van der Waals surface area contributed by atoms with Crippen LogP contribution in [0.5, 0.6) is 0 Å². The van der Waals surface area contributed by atoms with Gasteiger partial charge in [-0.15, -0.1) is 0 Å². The van der Waals surface area contributed by atoms with Crippen LogP contribution in [0.1, 0.15) is 0 Å². The third-order valence-electron chi connectivity index (χ3n) is 0.365. The number of hydrogen-bond acceptors (Lipinski definition) is 2. The van der Waals surface area contributed by atoms with Crippen LogP contribution in [-0.2, 0) is 4.79 Å². The van der Waals surface area contributed by atoms with Crippen LogP contribution in [0.15, 0.2) is 5.76 Å². The second-order valence-corrected chi connectivity index (χ2v) is 3.23. The van der Waals surface area contributed by atoms with Gasteiger partial charge in [-0.25, -0.2) is 4.79 Å². The molecule has 46 valence electrons. The van der Waals surface area contributed by atoms with Gasteiger partial charge >= 0.3 is 0 Å². The molecule has 0 saturated carbocycles. The van der Waals surface area contributed by atoms with Gasteiger partial charge in [0, 0.05) is 0 Å². The summed E-state index contributed by atoms with van der Waals surface area (Å²) in [6.07, 6.45) is 0. The lowest BCUT2D eigenvalue weighted by Crippen LogP contribution is -2.06. The summed E-state index contributed by atoms with van der Waals surface area (Å²) < 4.78 is -2.03. The van der Waals surface area contributed by atoms with Gasteiger partial charge in [0.05, 0.1) is 0 Å². The van der Waals surface area contributed by atoms with E-state index in [1.807, 2.05) is 0 Å². The van der Waals surface area contributed by atoms with Gasteiger partial charge in [0.15, 0.2) is 5.94 Å². The summed E-state index contributed by atoms with van der Waals surface area (Å²) in [4.78, 5) is 9.49. The first-order chi connectivity index (χ1) is 3.48. The summed E-state index contributed by atoms with van der Waals surface area (Å²) in [6, 6.07) is 0. The maximum Gasteiger partial charge on any atom is 0.258 e. The third-order valence-corrected chi connectivity index (χ3v) is 0.902. The highest BCUT2D eigenvalue weighted by atomic mass is 35.6. The molecule has 0 spiro atoms. The standard InChI is InChI=1S/C3HCl3O2/c4-3(5,6)2(8)1-7/h8H. The van der Waals surface area contributed by atoms with E-state index in [2.05, 4.69) is 0 Å². The van der Waals surface area contributed by atoms with Crippen molar-refractivity contribution in [1.82, 2.24) is 0 Å². The molecule has 0 aromatic rings. The number of rotatable bonds is 0. The van der Waals surface area contributed by atoms with Gasteiger partial charge in [0.1, 0.15) is 0 Å². The molecule has 0 amide bonds.